The molecule has 0 spiro atoms. The topological polar surface area (TPSA) is 76.4 Å². The third-order valence-corrected chi connectivity index (χ3v) is 5.27. The quantitative estimate of drug-likeness (QED) is 0.692. The molecule has 1 fully saturated rings. The van der Waals surface area contributed by atoms with Crippen LogP contribution in [0.25, 0.3) is 5.69 Å². The van der Waals surface area contributed by atoms with Crippen LogP contribution < -0.4 is 10.1 Å². The number of rotatable bonds is 6. The standard InChI is InChI=1S/C22H23N3O3/c1-28-20-9-6-16(14-23-20)21(17-12-19(26)13-17)24-22(27)15-4-7-18(8-5-15)25-10-2-3-11-25/h2-11,14,17,19,21,26H,12-13H2,1H3,(H,24,27). The van der Waals surface area contributed by atoms with Crippen molar-refractivity contribution in [1.29, 1.82) is 0 Å². The van der Waals surface area contributed by atoms with E-state index in [1.165, 1.54) is 0 Å². The molecule has 1 aliphatic rings. The average molecular weight is 377 g/mol. The van der Waals surface area contributed by atoms with Gasteiger partial charge >= 0.3 is 0 Å². The first-order valence-electron chi connectivity index (χ1n) is 9.36. The molecule has 6 heteroatoms. The van der Waals surface area contributed by atoms with Crippen molar-refractivity contribution in [3.63, 3.8) is 0 Å². The van der Waals surface area contributed by atoms with Gasteiger partial charge in [0.05, 0.1) is 19.3 Å². The number of hydrogen-bond acceptors (Lipinski definition) is 4. The van der Waals surface area contributed by atoms with Crippen LogP contribution in [0.2, 0.25) is 0 Å². The molecule has 6 nitrogen and oxygen atoms in total. The fourth-order valence-corrected chi connectivity index (χ4v) is 3.59. The Morgan fingerprint density at radius 3 is 2.46 bits per heavy atom. The van der Waals surface area contributed by atoms with Gasteiger partial charge in [-0.05, 0) is 60.7 Å². The summed E-state index contributed by atoms with van der Waals surface area (Å²) in [7, 11) is 1.57. The van der Waals surface area contributed by atoms with Gasteiger partial charge in [-0.2, -0.15) is 0 Å². The zero-order valence-electron chi connectivity index (χ0n) is 15.7. The van der Waals surface area contributed by atoms with Crippen molar-refractivity contribution >= 4 is 5.91 Å². The van der Waals surface area contributed by atoms with E-state index in [1.807, 2.05) is 59.4 Å². The molecular weight excluding hydrogens is 354 g/mol. The molecule has 1 saturated carbocycles. The van der Waals surface area contributed by atoms with Crippen molar-refractivity contribution in [2.45, 2.75) is 25.0 Å². The molecule has 1 atom stereocenters. The molecule has 0 aliphatic heterocycles. The lowest BCUT2D eigenvalue weighted by Crippen LogP contribution is -2.41. The Morgan fingerprint density at radius 1 is 1.18 bits per heavy atom. The first-order chi connectivity index (χ1) is 13.6. The monoisotopic (exact) mass is 377 g/mol. The van der Waals surface area contributed by atoms with Crippen LogP contribution in [0, 0.1) is 5.92 Å². The number of pyridine rings is 1. The van der Waals surface area contributed by atoms with Crippen molar-refractivity contribution < 1.29 is 14.6 Å². The fourth-order valence-electron chi connectivity index (χ4n) is 3.59. The van der Waals surface area contributed by atoms with E-state index < -0.39 is 0 Å². The molecule has 2 N–H and O–H groups in total. The smallest absolute Gasteiger partial charge is 0.251 e. The lowest BCUT2D eigenvalue weighted by molar-refractivity contribution is 0.0234. The highest BCUT2D eigenvalue weighted by molar-refractivity contribution is 5.94. The van der Waals surface area contributed by atoms with E-state index in [-0.39, 0.29) is 24.0 Å². The van der Waals surface area contributed by atoms with Gasteiger partial charge in [-0.25, -0.2) is 4.98 Å². The lowest BCUT2D eigenvalue weighted by Gasteiger charge is -2.38. The maximum absolute atomic E-state index is 12.8. The summed E-state index contributed by atoms with van der Waals surface area (Å²) < 4.78 is 7.11. The van der Waals surface area contributed by atoms with Gasteiger partial charge in [0.2, 0.25) is 5.88 Å². The molecular formula is C22H23N3O3. The highest BCUT2D eigenvalue weighted by Gasteiger charge is 2.36. The number of nitrogens with one attached hydrogen (secondary N) is 1. The van der Waals surface area contributed by atoms with E-state index in [0.717, 1.165) is 11.3 Å². The third kappa shape index (κ3) is 3.77. The normalized spacial score (nSPS) is 19.5. The van der Waals surface area contributed by atoms with Crippen LogP contribution in [0.15, 0.2) is 67.1 Å². The second kappa shape index (κ2) is 7.86. The van der Waals surface area contributed by atoms with Crippen LogP contribution >= 0.6 is 0 Å². The molecule has 2 aromatic heterocycles. The third-order valence-electron chi connectivity index (χ3n) is 5.27. The molecule has 4 rings (SSSR count). The molecule has 3 aromatic rings. The minimum absolute atomic E-state index is 0.138. The minimum atomic E-state index is -0.295. The van der Waals surface area contributed by atoms with Gasteiger partial charge in [0, 0.05) is 35.9 Å². The molecule has 2 heterocycles. The van der Waals surface area contributed by atoms with Gasteiger partial charge in [0.25, 0.3) is 5.91 Å². The first kappa shape index (κ1) is 18.3. The Labute approximate surface area is 163 Å². The van der Waals surface area contributed by atoms with Gasteiger partial charge in [-0.3, -0.25) is 4.79 Å². The summed E-state index contributed by atoms with van der Waals surface area (Å²) in [6.45, 7) is 0. The number of aromatic nitrogens is 2. The Hall–Kier alpha value is -3.12. The van der Waals surface area contributed by atoms with Crippen molar-refractivity contribution in [2.24, 2.45) is 5.92 Å². The van der Waals surface area contributed by atoms with Crippen LogP contribution in [0.1, 0.15) is 34.8 Å². The number of hydrogen-bond donors (Lipinski definition) is 2. The molecule has 0 radical (unpaired) electrons. The summed E-state index contributed by atoms with van der Waals surface area (Å²) in [5.41, 5.74) is 2.51. The number of benzene rings is 1. The molecule has 0 bridgehead atoms. The zero-order chi connectivity index (χ0) is 19.5. The fraction of sp³-hybridized carbons (Fsp3) is 0.273. The van der Waals surface area contributed by atoms with Crippen LogP contribution in [0.4, 0.5) is 0 Å². The van der Waals surface area contributed by atoms with E-state index in [9.17, 15) is 9.90 Å². The SMILES string of the molecule is COc1ccc(C(NC(=O)c2ccc(-n3cccc3)cc2)C2CC(O)C2)cn1. The van der Waals surface area contributed by atoms with E-state index in [2.05, 4.69) is 10.3 Å². The number of nitrogens with zero attached hydrogens (tertiary/aromatic N) is 2. The molecule has 1 aliphatic carbocycles. The molecule has 144 valence electrons. The van der Waals surface area contributed by atoms with Gasteiger partial charge in [0.15, 0.2) is 0 Å². The number of carbonyl (C=O) groups is 1. The van der Waals surface area contributed by atoms with Crippen molar-refractivity contribution in [3.05, 3.63) is 78.2 Å². The van der Waals surface area contributed by atoms with E-state index >= 15 is 0 Å². The summed E-state index contributed by atoms with van der Waals surface area (Å²) >= 11 is 0. The van der Waals surface area contributed by atoms with E-state index in [4.69, 9.17) is 4.74 Å². The number of ether oxygens (including phenoxy) is 1. The Balaban J connectivity index is 1.51. The summed E-state index contributed by atoms with van der Waals surface area (Å²) in [6, 6.07) is 14.9. The second-order valence-corrected chi connectivity index (χ2v) is 7.11. The number of methoxy groups -OCH3 is 1. The Kier molecular flexibility index (Phi) is 5.12. The van der Waals surface area contributed by atoms with Crippen molar-refractivity contribution in [2.75, 3.05) is 7.11 Å². The molecule has 28 heavy (non-hydrogen) atoms. The van der Waals surface area contributed by atoms with Crippen molar-refractivity contribution in [1.82, 2.24) is 14.9 Å². The number of amides is 1. The van der Waals surface area contributed by atoms with Gasteiger partial charge in [-0.1, -0.05) is 6.07 Å². The predicted octanol–water partition coefficient (Wildman–Crippen LogP) is 3.12. The zero-order valence-corrected chi connectivity index (χ0v) is 15.7. The number of aliphatic hydroxyl groups excluding tert-OH is 1. The van der Waals surface area contributed by atoms with Gasteiger partial charge < -0.3 is 19.7 Å². The Bertz CT molecular complexity index is 915. The number of aliphatic hydroxyl groups is 1. The summed E-state index contributed by atoms with van der Waals surface area (Å²) in [5, 5.41) is 12.8. The van der Waals surface area contributed by atoms with Crippen molar-refractivity contribution in [3.8, 4) is 11.6 Å². The van der Waals surface area contributed by atoms with Gasteiger partial charge in [-0.15, -0.1) is 0 Å². The summed E-state index contributed by atoms with van der Waals surface area (Å²) in [4.78, 5) is 17.1. The van der Waals surface area contributed by atoms with Crippen LogP contribution in [0.5, 0.6) is 5.88 Å². The number of carbonyl (C=O) groups excluding carboxylic acids is 1. The predicted molar refractivity (Wildman–Crippen MR) is 105 cm³/mol. The van der Waals surface area contributed by atoms with Crippen LogP contribution in [0.3, 0.4) is 0 Å². The molecule has 1 amide bonds. The molecule has 1 unspecified atom stereocenters. The first-order valence-corrected chi connectivity index (χ1v) is 9.36. The second-order valence-electron chi connectivity index (χ2n) is 7.11. The largest absolute Gasteiger partial charge is 0.481 e. The maximum Gasteiger partial charge on any atom is 0.251 e. The van der Waals surface area contributed by atoms with Crippen LogP contribution in [-0.2, 0) is 0 Å². The summed E-state index contributed by atoms with van der Waals surface area (Å²) in [6.07, 6.45) is 6.70. The Morgan fingerprint density at radius 2 is 1.89 bits per heavy atom. The highest BCUT2D eigenvalue weighted by Crippen LogP contribution is 2.38. The lowest BCUT2D eigenvalue weighted by atomic mass is 9.75. The maximum atomic E-state index is 12.8. The average Bonchev–Trinajstić information content (AvgIpc) is 3.25. The molecule has 1 aromatic carbocycles. The van der Waals surface area contributed by atoms with Gasteiger partial charge in [0.1, 0.15) is 0 Å². The summed E-state index contributed by atoms with van der Waals surface area (Å²) in [5.74, 6) is 0.581. The minimum Gasteiger partial charge on any atom is -0.481 e. The van der Waals surface area contributed by atoms with Crippen LogP contribution in [-0.4, -0.2) is 33.8 Å². The molecule has 0 saturated heterocycles. The highest BCUT2D eigenvalue weighted by atomic mass is 16.5. The van der Waals surface area contributed by atoms with E-state index in [0.29, 0.717) is 24.3 Å². The van der Waals surface area contributed by atoms with E-state index in [1.54, 1.807) is 19.4 Å².